The summed E-state index contributed by atoms with van der Waals surface area (Å²) < 4.78 is 1.52. The van der Waals surface area contributed by atoms with Crippen LogP contribution in [0.2, 0.25) is 0 Å². The molecular formula is C16H18BrN5O4S. The zero-order valence-corrected chi connectivity index (χ0v) is 17.1. The Morgan fingerprint density at radius 2 is 2.07 bits per heavy atom. The van der Waals surface area contributed by atoms with Gasteiger partial charge in [0.05, 0.1) is 16.4 Å². The van der Waals surface area contributed by atoms with E-state index in [4.69, 9.17) is 5.73 Å². The molecule has 11 heteroatoms. The minimum absolute atomic E-state index is 0.233. The van der Waals surface area contributed by atoms with E-state index in [1.165, 1.54) is 16.0 Å². The van der Waals surface area contributed by atoms with Gasteiger partial charge < -0.3 is 21.2 Å². The molecule has 0 spiro atoms. The van der Waals surface area contributed by atoms with Gasteiger partial charge in [-0.05, 0) is 65.9 Å². The second-order valence-electron chi connectivity index (χ2n) is 6.37. The van der Waals surface area contributed by atoms with Gasteiger partial charge in [-0.25, -0.2) is 0 Å². The lowest BCUT2D eigenvalue weighted by molar-refractivity contribution is -0.390. The summed E-state index contributed by atoms with van der Waals surface area (Å²) in [4.78, 5) is 36.2. The van der Waals surface area contributed by atoms with Crippen molar-refractivity contribution in [3.05, 3.63) is 36.3 Å². The van der Waals surface area contributed by atoms with Gasteiger partial charge in [-0.1, -0.05) is 0 Å². The van der Waals surface area contributed by atoms with Crippen LogP contribution >= 0.6 is 27.3 Å². The number of hydrogen-bond acceptors (Lipinski definition) is 6. The van der Waals surface area contributed by atoms with Gasteiger partial charge in [0.15, 0.2) is 0 Å². The maximum atomic E-state index is 12.7. The number of nitrogens with two attached hydrogens (primary N) is 1. The smallest absolute Gasteiger partial charge is 0.365 e. The van der Waals surface area contributed by atoms with Crippen molar-refractivity contribution in [1.29, 1.82) is 0 Å². The molecule has 3 rings (SSSR count). The average molecular weight is 456 g/mol. The van der Waals surface area contributed by atoms with Crippen LogP contribution in [0.3, 0.4) is 0 Å². The van der Waals surface area contributed by atoms with Crippen LogP contribution in [-0.2, 0) is 17.6 Å². The van der Waals surface area contributed by atoms with Crippen molar-refractivity contribution < 1.29 is 14.5 Å². The molecule has 2 aromatic rings. The first-order valence-electron chi connectivity index (χ1n) is 8.36. The number of anilines is 1. The van der Waals surface area contributed by atoms with Crippen LogP contribution in [0.1, 0.15) is 52.3 Å². The molecule has 2 amide bonds. The molecule has 0 aliphatic heterocycles. The number of amides is 2. The number of nitro groups is 1. The second-order valence-corrected chi connectivity index (χ2v) is 8.27. The molecule has 1 atom stereocenters. The highest BCUT2D eigenvalue weighted by Crippen LogP contribution is 2.38. The van der Waals surface area contributed by atoms with E-state index in [0.29, 0.717) is 16.3 Å². The van der Waals surface area contributed by atoms with Gasteiger partial charge in [0.2, 0.25) is 0 Å². The van der Waals surface area contributed by atoms with Gasteiger partial charge in [-0.15, -0.1) is 11.3 Å². The summed E-state index contributed by atoms with van der Waals surface area (Å²) in [5.41, 5.74) is 7.31. The third-order valence-electron chi connectivity index (χ3n) is 4.63. The first-order chi connectivity index (χ1) is 12.7. The predicted molar refractivity (Wildman–Crippen MR) is 104 cm³/mol. The maximum absolute atomic E-state index is 12.7. The molecule has 0 bridgehead atoms. The fourth-order valence-corrected chi connectivity index (χ4v) is 4.92. The number of thiophene rings is 1. The maximum Gasteiger partial charge on any atom is 0.404 e. The van der Waals surface area contributed by atoms with Crippen LogP contribution < -0.4 is 11.1 Å². The van der Waals surface area contributed by atoms with Gasteiger partial charge in [0.25, 0.3) is 11.8 Å². The van der Waals surface area contributed by atoms with E-state index in [9.17, 15) is 19.7 Å². The molecule has 0 saturated carbocycles. The first-order valence-corrected chi connectivity index (χ1v) is 9.97. The Labute approximate surface area is 167 Å². The van der Waals surface area contributed by atoms with E-state index in [-0.39, 0.29) is 10.3 Å². The number of carbonyl (C=O) groups excluding carboxylic acids is 2. The van der Waals surface area contributed by atoms with Crippen molar-refractivity contribution in [2.75, 3.05) is 5.32 Å². The quantitative estimate of drug-likeness (QED) is 0.527. The van der Waals surface area contributed by atoms with Crippen molar-refractivity contribution in [1.82, 2.24) is 9.78 Å². The third kappa shape index (κ3) is 3.48. The number of primary amides is 1. The summed E-state index contributed by atoms with van der Waals surface area (Å²) in [6.07, 6.45) is 3.66. The Bertz CT molecular complexity index is 951. The molecule has 1 unspecified atom stereocenters. The highest BCUT2D eigenvalue weighted by atomic mass is 79.9. The number of nitrogens with zero attached hydrogens (tertiary/aromatic N) is 3. The number of nitrogens with one attached hydrogen (secondary N) is 1. The zero-order chi connectivity index (χ0) is 19.9. The van der Waals surface area contributed by atoms with E-state index >= 15 is 0 Å². The zero-order valence-electron chi connectivity index (χ0n) is 14.7. The Balaban J connectivity index is 1.90. The van der Waals surface area contributed by atoms with Crippen LogP contribution in [0.25, 0.3) is 0 Å². The van der Waals surface area contributed by atoms with Crippen LogP contribution in [0.4, 0.5) is 10.8 Å². The molecule has 2 heterocycles. The van der Waals surface area contributed by atoms with Crippen LogP contribution in [-0.4, -0.2) is 26.5 Å². The van der Waals surface area contributed by atoms with E-state index < -0.39 is 22.8 Å². The van der Waals surface area contributed by atoms with Gasteiger partial charge in [-0.2, -0.15) is 4.68 Å². The highest BCUT2D eigenvalue weighted by Gasteiger charge is 2.31. The number of fused-ring (bicyclic) bond motifs is 1. The molecular weight excluding hydrogens is 438 g/mol. The van der Waals surface area contributed by atoms with Crippen LogP contribution in [0, 0.1) is 17.0 Å². The van der Waals surface area contributed by atoms with E-state index in [2.05, 4.69) is 26.3 Å². The summed E-state index contributed by atoms with van der Waals surface area (Å²) in [5.74, 6) is -1.34. The fourth-order valence-electron chi connectivity index (χ4n) is 3.22. The number of hydrogen-bond donors (Lipinski definition) is 2. The Hall–Kier alpha value is -2.27. The molecule has 9 nitrogen and oxygen atoms in total. The van der Waals surface area contributed by atoms with Gasteiger partial charge in [0, 0.05) is 4.88 Å². The minimum Gasteiger partial charge on any atom is -0.365 e. The highest BCUT2D eigenvalue weighted by molar-refractivity contribution is 9.10. The second kappa shape index (κ2) is 7.39. The van der Waals surface area contributed by atoms with Crippen molar-refractivity contribution in [2.45, 2.75) is 45.6 Å². The number of aromatic nitrogens is 2. The molecule has 1 aliphatic carbocycles. The predicted octanol–water partition coefficient (Wildman–Crippen LogP) is 3.10. The molecule has 0 radical (unpaired) electrons. The lowest BCUT2D eigenvalue weighted by Gasteiger charge is -2.12. The summed E-state index contributed by atoms with van der Waals surface area (Å²) in [5, 5.41) is 18.2. The van der Waals surface area contributed by atoms with Gasteiger partial charge >= 0.3 is 5.82 Å². The largest absolute Gasteiger partial charge is 0.404 e. The Kier molecular flexibility index (Phi) is 5.33. The lowest BCUT2D eigenvalue weighted by atomic mass is 9.95. The third-order valence-corrected chi connectivity index (χ3v) is 6.77. The summed E-state index contributed by atoms with van der Waals surface area (Å²) in [6, 6.07) is -0.810. The molecule has 27 heavy (non-hydrogen) atoms. The number of carbonyl (C=O) groups is 2. The van der Waals surface area contributed by atoms with E-state index in [1.807, 2.05) is 0 Å². The number of halogens is 1. The van der Waals surface area contributed by atoms with Crippen molar-refractivity contribution >= 4 is 49.9 Å². The van der Waals surface area contributed by atoms with Crippen LogP contribution in [0.15, 0.2) is 4.47 Å². The average Bonchev–Trinajstić information content (AvgIpc) is 3.12. The van der Waals surface area contributed by atoms with E-state index in [1.54, 1.807) is 13.8 Å². The number of rotatable bonds is 5. The molecule has 0 fully saturated rings. The number of aryl methyl sites for hydroxylation is 1. The molecule has 2 aromatic heterocycles. The topological polar surface area (TPSA) is 133 Å². The molecule has 0 aromatic carbocycles. The van der Waals surface area contributed by atoms with Crippen molar-refractivity contribution in [2.24, 2.45) is 5.73 Å². The monoisotopic (exact) mass is 455 g/mol. The first kappa shape index (κ1) is 19.5. The fraction of sp³-hybridized carbons (Fsp3) is 0.438. The molecule has 1 aliphatic rings. The summed E-state index contributed by atoms with van der Waals surface area (Å²) in [7, 11) is 0. The Morgan fingerprint density at radius 3 is 2.67 bits per heavy atom. The van der Waals surface area contributed by atoms with Crippen molar-refractivity contribution in [3.8, 4) is 0 Å². The van der Waals surface area contributed by atoms with Crippen LogP contribution in [0.5, 0.6) is 0 Å². The van der Waals surface area contributed by atoms with Crippen molar-refractivity contribution in [3.63, 3.8) is 0 Å². The Morgan fingerprint density at radius 1 is 1.41 bits per heavy atom. The van der Waals surface area contributed by atoms with Gasteiger partial charge in [0.1, 0.15) is 15.5 Å². The molecule has 0 saturated heterocycles. The minimum atomic E-state index is -0.810. The molecule has 144 valence electrons. The van der Waals surface area contributed by atoms with Gasteiger partial charge in [-0.3, -0.25) is 9.59 Å². The normalized spacial score (nSPS) is 14.5. The van der Waals surface area contributed by atoms with E-state index in [0.717, 1.165) is 36.1 Å². The standard InChI is InChI=1S/C16H18BrN5O4S/c1-7-12(17)14(22(25)26)20-21(7)8(2)15(24)19-16-11(13(18)23)9-5-3-4-6-10(9)27-16/h8H,3-6H2,1-2H3,(H2,18,23)(H,19,24). The summed E-state index contributed by atoms with van der Waals surface area (Å²) in [6.45, 7) is 3.22. The SMILES string of the molecule is Cc1c(Br)c([N+](=O)[O-])nn1C(C)C(=O)Nc1sc2c(c1C(N)=O)CCCC2. The molecule has 3 N–H and O–H groups in total. The summed E-state index contributed by atoms with van der Waals surface area (Å²) >= 11 is 4.51. The lowest BCUT2D eigenvalue weighted by Crippen LogP contribution is -2.26.